The summed E-state index contributed by atoms with van der Waals surface area (Å²) in [6.07, 6.45) is 9.98. The van der Waals surface area contributed by atoms with Crippen LogP contribution in [0.5, 0.6) is 0 Å². The first-order valence-electron chi connectivity index (χ1n) is 8.39. The zero-order chi connectivity index (χ0) is 14.9. The number of hydrogen-bond donors (Lipinski definition) is 1. The second kappa shape index (κ2) is 5.82. The molecular formula is C17H27N3O. The number of piperidine rings is 1. The van der Waals surface area contributed by atoms with Crippen LogP contribution < -0.4 is 0 Å². The lowest BCUT2D eigenvalue weighted by molar-refractivity contribution is -0.144. The number of nitrogens with zero attached hydrogens (tertiary/aromatic N) is 2. The van der Waals surface area contributed by atoms with Gasteiger partial charge in [0.15, 0.2) is 0 Å². The minimum atomic E-state index is -0.108. The van der Waals surface area contributed by atoms with E-state index in [1.807, 2.05) is 6.20 Å². The summed E-state index contributed by atoms with van der Waals surface area (Å²) in [5, 5.41) is 7.28. The van der Waals surface area contributed by atoms with E-state index in [4.69, 9.17) is 0 Å². The molecule has 4 heteroatoms. The molecule has 0 spiro atoms. The van der Waals surface area contributed by atoms with E-state index in [9.17, 15) is 4.79 Å². The third kappa shape index (κ3) is 2.85. The first kappa shape index (κ1) is 14.6. The van der Waals surface area contributed by atoms with Crippen LogP contribution in [0.15, 0.2) is 6.20 Å². The molecule has 0 radical (unpaired) electrons. The fourth-order valence-electron chi connectivity index (χ4n) is 4.09. The van der Waals surface area contributed by atoms with Crippen LogP contribution in [0.4, 0.5) is 0 Å². The summed E-state index contributed by atoms with van der Waals surface area (Å²) in [7, 11) is 0. The lowest BCUT2D eigenvalue weighted by atomic mass is 9.74. The van der Waals surface area contributed by atoms with Gasteiger partial charge in [0.25, 0.3) is 0 Å². The summed E-state index contributed by atoms with van der Waals surface area (Å²) in [6.45, 7) is 6.07. The topological polar surface area (TPSA) is 49.0 Å². The zero-order valence-corrected chi connectivity index (χ0v) is 13.3. The molecule has 1 N–H and O–H groups in total. The molecule has 1 aliphatic heterocycles. The summed E-state index contributed by atoms with van der Waals surface area (Å²) in [6, 6.07) is 0. The fourth-order valence-corrected chi connectivity index (χ4v) is 4.09. The van der Waals surface area contributed by atoms with Crippen molar-refractivity contribution in [3.8, 4) is 0 Å². The molecule has 116 valence electrons. The summed E-state index contributed by atoms with van der Waals surface area (Å²) < 4.78 is 0. The zero-order valence-electron chi connectivity index (χ0n) is 13.3. The van der Waals surface area contributed by atoms with Crippen molar-refractivity contribution >= 4 is 5.91 Å². The maximum atomic E-state index is 13.0. The highest BCUT2D eigenvalue weighted by molar-refractivity contribution is 5.82. The van der Waals surface area contributed by atoms with Crippen molar-refractivity contribution in [3.05, 3.63) is 17.5 Å². The van der Waals surface area contributed by atoms with E-state index in [1.54, 1.807) is 0 Å². The molecule has 1 saturated heterocycles. The van der Waals surface area contributed by atoms with E-state index >= 15 is 0 Å². The molecule has 2 fully saturated rings. The minimum Gasteiger partial charge on any atom is -0.342 e. The number of rotatable bonds is 2. The lowest BCUT2D eigenvalue weighted by Gasteiger charge is -2.40. The molecule has 1 saturated carbocycles. The second-order valence-corrected chi connectivity index (χ2v) is 7.18. The Labute approximate surface area is 127 Å². The molecule has 1 aromatic rings. The largest absolute Gasteiger partial charge is 0.342 e. The summed E-state index contributed by atoms with van der Waals surface area (Å²) >= 11 is 0. The molecule has 0 aromatic carbocycles. The minimum absolute atomic E-state index is 0.108. The van der Waals surface area contributed by atoms with Crippen molar-refractivity contribution in [1.82, 2.24) is 15.1 Å². The van der Waals surface area contributed by atoms with Crippen molar-refractivity contribution in [2.24, 2.45) is 5.41 Å². The molecule has 2 aliphatic rings. The Morgan fingerprint density at radius 3 is 2.76 bits per heavy atom. The van der Waals surface area contributed by atoms with Crippen molar-refractivity contribution in [2.45, 2.75) is 64.7 Å². The number of hydrogen-bond acceptors (Lipinski definition) is 2. The molecule has 1 aliphatic carbocycles. The average molecular weight is 289 g/mol. The van der Waals surface area contributed by atoms with Crippen molar-refractivity contribution < 1.29 is 4.79 Å². The number of amides is 1. The van der Waals surface area contributed by atoms with Gasteiger partial charge in [-0.1, -0.05) is 26.2 Å². The van der Waals surface area contributed by atoms with E-state index in [0.717, 1.165) is 38.8 Å². The molecular weight excluding hydrogens is 262 g/mol. The van der Waals surface area contributed by atoms with Crippen LogP contribution in [0, 0.1) is 12.3 Å². The normalized spacial score (nSPS) is 25.8. The van der Waals surface area contributed by atoms with Gasteiger partial charge in [0, 0.05) is 30.1 Å². The highest BCUT2D eigenvalue weighted by Gasteiger charge is 2.39. The van der Waals surface area contributed by atoms with E-state index in [-0.39, 0.29) is 5.41 Å². The van der Waals surface area contributed by atoms with Crippen molar-refractivity contribution in [3.63, 3.8) is 0 Å². The molecule has 1 unspecified atom stereocenters. The van der Waals surface area contributed by atoms with Gasteiger partial charge in [0.05, 0.1) is 6.20 Å². The van der Waals surface area contributed by atoms with Gasteiger partial charge in [-0.05, 0) is 38.2 Å². The predicted molar refractivity (Wildman–Crippen MR) is 83.1 cm³/mol. The summed E-state index contributed by atoms with van der Waals surface area (Å²) in [5.41, 5.74) is 2.34. The van der Waals surface area contributed by atoms with Gasteiger partial charge >= 0.3 is 0 Å². The van der Waals surface area contributed by atoms with E-state index in [1.165, 1.54) is 30.5 Å². The maximum absolute atomic E-state index is 13.0. The number of nitrogens with one attached hydrogen (secondary N) is 1. The van der Waals surface area contributed by atoms with Crippen molar-refractivity contribution in [2.75, 3.05) is 13.1 Å². The Kier molecular flexibility index (Phi) is 4.05. The predicted octanol–water partition coefficient (Wildman–Crippen LogP) is 3.39. The maximum Gasteiger partial charge on any atom is 0.228 e. The summed E-state index contributed by atoms with van der Waals surface area (Å²) in [4.78, 5) is 15.1. The third-order valence-electron chi connectivity index (χ3n) is 5.46. The Balaban J connectivity index is 1.71. The standard InChI is InChI=1S/C17H27N3O/c1-13-11-18-19-15(13)14-7-6-10-20(12-14)16(21)17(2)8-4-3-5-9-17/h11,14H,3-10,12H2,1-2H3,(H,18,19). The van der Waals surface area contributed by atoms with Crippen LogP contribution in [-0.4, -0.2) is 34.1 Å². The quantitative estimate of drug-likeness (QED) is 0.907. The first-order chi connectivity index (χ1) is 10.1. The van der Waals surface area contributed by atoms with Gasteiger partial charge in [0.2, 0.25) is 5.91 Å². The SMILES string of the molecule is Cc1cn[nH]c1C1CCCN(C(=O)C2(C)CCCCC2)C1. The smallest absolute Gasteiger partial charge is 0.228 e. The Morgan fingerprint density at radius 2 is 2.10 bits per heavy atom. The molecule has 1 aromatic heterocycles. The Hall–Kier alpha value is -1.32. The number of aryl methyl sites for hydroxylation is 1. The van der Waals surface area contributed by atoms with Crippen LogP contribution in [0.25, 0.3) is 0 Å². The molecule has 21 heavy (non-hydrogen) atoms. The van der Waals surface area contributed by atoms with Gasteiger partial charge in [0.1, 0.15) is 0 Å². The highest BCUT2D eigenvalue weighted by Crippen LogP contribution is 2.39. The van der Waals surface area contributed by atoms with Crippen LogP contribution in [-0.2, 0) is 4.79 Å². The Morgan fingerprint density at radius 1 is 1.33 bits per heavy atom. The number of H-pyrrole nitrogens is 1. The number of carbonyl (C=O) groups excluding carboxylic acids is 1. The lowest BCUT2D eigenvalue weighted by Crippen LogP contribution is -2.47. The monoisotopic (exact) mass is 289 g/mol. The number of likely N-dealkylation sites (tertiary alicyclic amines) is 1. The first-order valence-corrected chi connectivity index (χ1v) is 8.39. The average Bonchev–Trinajstić information content (AvgIpc) is 2.93. The fraction of sp³-hybridized carbons (Fsp3) is 0.765. The van der Waals surface area contributed by atoms with Crippen molar-refractivity contribution in [1.29, 1.82) is 0 Å². The highest BCUT2D eigenvalue weighted by atomic mass is 16.2. The van der Waals surface area contributed by atoms with Crippen LogP contribution >= 0.6 is 0 Å². The van der Waals surface area contributed by atoms with Gasteiger partial charge < -0.3 is 4.90 Å². The van der Waals surface area contributed by atoms with Crippen LogP contribution in [0.1, 0.15) is 69.0 Å². The molecule has 4 nitrogen and oxygen atoms in total. The number of carbonyl (C=O) groups is 1. The summed E-state index contributed by atoms with van der Waals surface area (Å²) in [5.74, 6) is 0.821. The van der Waals surface area contributed by atoms with Crippen LogP contribution in [0.2, 0.25) is 0 Å². The Bertz CT molecular complexity index is 502. The number of aromatic nitrogens is 2. The molecule has 1 atom stereocenters. The van der Waals surface area contributed by atoms with E-state index < -0.39 is 0 Å². The van der Waals surface area contributed by atoms with Gasteiger partial charge in [-0.15, -0.1) is 0 Å². The van der Waals surface area contributed by atoms with Crippen LogP contribution in [0.3, 0.4) is 0 Å². The molecule has 3 rings (SSSR count). The van der Waals surface area contributed by atoms with E-state index in [2.05, 4.69) is 28.9 Å². The number of aromatic amines is 1. The van der Waals surface area contributed by atoms with Gasteiger partial charge in [-0.2, -0.15) is 5.10 Å². The van der Waals surface area contributed by atoms with E-state index in [0.29, 0.717) is 11.8 Å². The molecule has 2 heterocycles. The third-order valence-corrected chi connectivity index (χ3v) is 5.46. The molecule has 1 amide bonds. The van der Waals surface area contributed by atoms with Gasteiger partial charge in [-0.3, -0.25) is 9.89 Å². The molecule has 0 bridgehead atoms. The second-order valence-electron chi connectivity index (χ2n) is 7.18. The van der Waals surface area contributed by atoms with Gasteiger partial charge in [-0.25, -0.2) is 0 Å².